The first-order valence-electron chi connectivity index (χ1n) is 7.16. The van der Waals surface area contributed by atoms with Crippen molar-refractivity contribution in [3.63, 3.8) is 0 Å². The Morgan fingerprint density at radius 2 is 2.18 bits per heavy atom. The highest BCUT2D eigenvalue weighted by Crippen LogP contribution is 2.31. The molecule has 1 heterocycles. The molecule has 2 fully saturated rings. The molecule has 0 radical (unpaired) electrons. The smallest absolute Gasteiger partial charge is 0.276 e. The zero-order valence-electron chi connectivity index (χ0n) is 12.6. The van der Waals surface area contributed by atoms with Crippen LogP contribution < -0.4 is 10.1 Å². The quantitative estimate of drug-likeness (QED) is 0.665. The van der Waals surface area contributed by atoms with Crippen LogP contribution in [0.3, 0.4) is 0 Å². The summed E-state index contributed by atoms with van der Waals surface area (Å²) in [7, 11) is 3.26. The van der Waals surface area contributed by atoms with Crippen LogP contribution in [0.15, 0.2) is 23.9 Å². The zero-order chi connectivity index (χ0) is 15.7. The second-order valence-corrected chi connectivity index (χ2v) is 5.79. The Hall–Kier alpha value is -1.92. The molecule has 1 saturated carbocycles. The van der Waals surface area contributed by atoms with Crippen molar-refractivity contribution in [1.29, 1.82) is 0 Å². The summed E-state index contributed by atoms with van der Waals surface area (Å²) in [6, 6.07) is 6.01. The lowest BCUT2D eigenvalue weighted by Gasteiger charge is -2.11. The van der Waals surface area contributed by atoms with Gasteiger partial charge in [0.15, 0.2) is 5.11 Å². The fourth-order valence-corrected chi connectivity index (χ4v) is 2.88. The van der Waals surface area contributed by atoms with E-state index in [9.17, 15) is 4.79 Å². The lowest BCUT2D eigenvalue weighted by molar-refractivity contribution is -0.122. The summed E-state index contributed by atoms with van der Waals surface area (Å²) < 4.78 is 10.5. The molecule has 1 amide bonds. The minimum atomic E-state index is -0.0448. The van der Waals surface area contributed by atoms with Crippen LogP contribution in [0.2, 0.25) is 0 Å². The van der Waals surface area contributed by atoms with Gasteiger partial charge in [0, 0.05) is 18.7 Å². The number of benzene rings is 1. The maximum atomic E-state index is 12.4. The van der Waals surface area contributed by atoms with Crippen molar-refractivity contribution >= 4 is 29.3 Å². The van der Waals surface area contributed by atoms with Gasteiger partial charge in [0.1, 0.15) is 11.4 Å². The van der Waals surface area contributed by atoms with Gasteiger partial charge in [-0.05, 0) is 48.8 Å². The van der Waals surface area contributed by atoms with E-state index in [4.69, 9.17) is 21.7 Å². The first-order valence-corrected chi connectivity index (χ1v) is 7.57. The van der Waals surface area contributed by atoms with Gasteiger partial charge in [-0.25, -0.2) is 0 Å². The third kappa shape index (κ3) is 2.84. The molecule has 0 unspecified atom stereocenters. The SMILES string of the molecule is COCc1cc(/C=C2\NC(=S)N(C3CC3)C2=O)ccc1OC. The minimum absolute atomic E-state index is 0.0448. The number of hydrogen-bond acceptors (Lipinski definition) is 4. The second kappa shape index (κ2) is 6.06. The number of methoxy groups -OCH3 is 2. The highest BCUT2D eigenvalue weighted by Gasteiger charge is 2.41. The van der Waals surface area contributed by atoms with Crippen molar-refractivity contribution < 1.29 is 14.3 Å². The van der Waals surface area contributed by atoms with E-state index in [1.807, 2.05) is 24.3 Å². The molecule has 6 heteroatoms. The molecule has 0 atom stereocenters. The van der Waals surface area contributed by atoms with Crippen molar-refractivity contribution in [3.05, 3.63) is 35.0 Å². The van der Waals surface area contributed by atoms with Gasteiger partial charge in [-0.3, -0.25) is 9.69 Å². The summed E-state index contributed by atoms with van der Waals surface area (Å²) >= 11 is 5.25. The van der Waals surface area contributed by atoms with E-state index in [2.05, 4.69) is 5.32 Å². The Labute approximate surface area is 134 Å². The number of nitrogens with one attached hydrogen (secondary N) is 1. The van der Waals surface area contributed by atoms with Gasteiger partial charge in [0.2, 0.25) is 0 Å². The number of ether oxygens (including phenoxy) is 2. The van der Waals surface area contributed by atoms with Crippen LogP contribution in [0.1, 0.15) is 24.0 Å². The summed E-state index contributed by atoms with van der Waals surface area (Å²) in [6.07, 6.45) is 3.87. The lowest BCUT2D eigenvalue weighted by Crippen LogP contribution is -2.32. The molecule has 2 aliphatic rings. The van der Waals surface area contributed by atoms with E-state index in [1.165, 1.54) is 0 Å². The molecule has 0 aromatic heterocycles. The molecule has 1 aromatic carbocycles. The second-order valence-electron chi connectivity index (χ2n) is 5.40. The standard InChI is InChI=1S/C16H18N2O3S/c1-20-9-11-7-10(3-6-14(11)21-2)8-13-15(19)18(12-4-5-12)16(22)17-13/h3,6-8,12H,4-5,9H2,1-2H3,(H,17,22)/b13-8-. The molecule has 0 bridgehead atoms. The number of rotatable bonds is 5. The van der Waals surface area contributed by atoms with Crippen molar-refractivity contribution in [1.82, 2.24) is 10.2 Å². The van der Waals surface area contributed by atoms with E-state index >= 15 is 0 Å². The third-order valence-electron chi connectivity index (χ3n) is 3.74. The molecular weight excluding hydrogens is 300 g/mol. The highest BCUT2D eigenvalue weighted by atomic mass is 32.1. The number of thiocarbonyl (C=S) groups is 1. The third-order valence-corrected chi connectivity index (χ3v) is 4.04. The first-order chi connectivity index (χ1) is 10.6. The van der Waals surface area contributed by atoms with Gasteiger partial charge in [-0.1, -0.05) is 6.07 Å². The average Bonchev–Trinajstić information content (AvgIpc) is 3.28. The molecule has 1 N–H and O–H groups in total. The fourth-order valence-electron chi connectivity index (χ4n) is 2.54. The van der Waals surface area contributed by atoms with Gasteiger partial charge < -0.3 is 14.8 Å². The molecule has 3 rings (SSSR count). The number of carbonyl (C=O) groups is 1. The Kier molecular flexibility index (Phi) is 4.13. The predicted octanol–water partition coefficient (Wildman–Crippen LogP) is 2.06. The van der Waals surface area contributed by atoms with Crippen LogP contribution in [0.25, 0.3) is 6.08 Å². The van der Waals surface area contributed by atoms with Crippen LogP contribution >= 0.6 is 12.2 Å². The normalized spacial score (nSPS) is 19.7. The number of nitrogens with zero attached hydrogens (tertiary/aromatic N) is 1. The Morgan fingerprint density at radius 1 is 1.41 bits per heavy atom. The van der Waals surface area contributed by atoms with E-state index in [0.717, 1.165) is 29.7 Å². The number of carbonyl (C=O) groups excluding carboxylic acids is 1. The summed E-state index contributed by atoms with van der Waals surface area (Å²) in [5.41, 5.74) is 2.36. The fraction of sp³-hybridized carbons (Fsp3) is 0.375. The molecule has 1 aliphatic carbocycles. The first kappa shape index (κ1) is 15.0. The Morgan fingerprint density at radius 3 is 2.82 bits per heavy atom. The minimum Gasteiger partial charge on any atom is -0.496 e. The zero-order valence-corrected chi connectivity index (χ0v) is 13.4. The average molecular weight is 318 g/mol. The van der Waals surface area contributed by atoms with Crippen molar-refractivity contribution in [2.45, 2.75) is 25.5 Å². The van der Waals surface area contributed by atoms with Crippen LogP contribution in [-0.2, 0) is 16.1 Å². The van der Waals surface area contributed by atoms with Gasteiger partial charge in [0.05, 0.1) is 13.7 Å². The Bertz CT molecular complexity index is 653. The summed E-state index contributed by atoms with van der Waals surface area (Å²) in [5, 5.41) is 3.51. The predicted molar refractivity (Wildman–Crippen MR) is 87.3 cm³/mol. The van der Waals surface area contributed by atoms with E-state index in [1.54, 1.807) is 19.1 Å². The van der Waals surface area contributed by atoms with E-state index < -0.39 is 0 Å². The Balaban J connectivity index is 1.87. The molecular formula is C16H18N2O3S. The van der Waals surface area contributed by atoms with Gasteiger partial charge in [0.25, 0.3) is 5.91 Å². The molecule has 1 saturated heterocycles. The van der Waals surface area contributed by atoms with Crippen LogP contribution in [0.4, 0.5) is 0 Å². The van der Waals surface area contributed by atoms with Gasteiger partial charge >= 0.3 is 0 Å². The van der Waals surface area contributed by atoms with Crippen LogP contribution in [0.5, 0.6) is 5.75 Å². The number of amides is 1. The van der Waals surface area contributed by atoms with Gasteiger partial charge in [-0.2, -0.15) is 0 Å². The summed E-state index contributed by atoms with van der Waals surface area (Å²) in [5.74, 6) is 0.724. The molecule has 5 nitrogen and oxygen atoms in total. The maximum absolute atomic E-state index is 12.4. The summed E-state index contributed by atoms with van der Waals surface area (Å²) in [4.78, 5) is 14.1. The van der Waals surface area contributed by atoms with E-state index in [0.29, 0.717) is 17.4 Å². The molecule has 1 aliphatic heterocycles. The lowest BCUT2D eigenvalue weighted by atomic mass is 10.1. The largest absolute Gasteiger partial charge is 0.496 e. The van der Waals surface area contributed by atoms with Crippen LogP contribution in [0, 0.1) is 0 Å². The monoisotopic (exact) mass is 318 g/mol. The van der Waals surface area contributed by atoms with Gasteiger partial charge in [-0.15, -0.1) is 0 Å². The molecule has 0 spiro atoms. The van der Waals surface area contributed by atoms with Crippen LogP contribution in [-0.4, -0.2) is 36.2 Å². The van der Waals surface area contributed by atoms with E-state index in [-0.39, 0.29) is 11.9 Å². The van der Waals surface area contributed by atoms with Crippen molar-refractivity contribution in [2.75, 3.05) is 14.2 Å². The topological polar surface area (TPSA) is 50.8 Å². The summed E-state index contributed by atoms with van der Waals surface area (Å²) in [6.45, 7) is 0.453. The maximum Gasteiger partial charge on any atom is 0.276 e. The van der Waals surface area contributed by atoms with Crippen molar-refractivity contribution in [2.24, 2.45) is 0 Å². The molecule has 22 heavy (non-hydrogen) atoms. The highest BCUT2D eigenvalue weighted by molar-refractivity contribution is 7.80. The molecule has 116 valence electrons. The number of hydrogen-bond donors (Lipinski definition) is 1. The molecule has 1 aromatic rings. The van der Waals surface area contributed by atoms with Crippen molar-refractivity contribution in [3.8, 4) is 5.75 Å².